The highest BCUT2D eigenvalue weighted by atomic mass is 16.1. The third-order valence-electron chi connectivity index (χ3n) is 2.50. The second-order valence-corrected chi connectivity index (χ2v) is 3.40. The van der Waals surface area contributed by atoms with Crippen molar-refractivity contribution in [2.75, 3.05) is 0 Å². The minimum Gasteiger partial charge on any atom is -0.298 e. The molecule has 0 aromatic heterocycles. The van der Waals surface area contributed by atoms with Crippen LogP contribution in [-0.2, 0) is 0 Å². The highest BCUT2D eigenvalue weighted by molar-refractivity contribution is 6.06. The Morgan fingerprint density at radius 2 is 1.31 bits per heavy atom. The van der Waals surface area contributed by atoms with E-state index in [0.717, 1.165) is 6.29 Å². The number of carbonyl (C=O) groups excluding carboxylic acids is 3. The van der Waals surface area contributed by atoms with Crippen molar-refractivity contribution >= 4 is 29.6 Å². The van der Waals surface area contributed by atoms with Crippen LogP contribution in [0.1, 0.15) is 31.1 Å². The lowest BCUT2D eigenvalue weighted by molar-refractivity contribution is 0.111. The van der Waals surface area contributed by atoms with Gasteiger partial charge in [-0.1, -0.05) is 24.3 Å². The van der Waals surface area contributed by atoms with E-state index in [2.05, 4.69) is 0 Å². The molecule has 0 fully saturated rings. The molecule has 0 aliphatic heterocycles. The number of hydrogen-bond acceptors (Lipinski definition) is 3. The largest absolute Gasteiger partial charge is 0.298 e. The smallest absolute Gasteiger partial charge is 0.150 e. The first-order valence-corrected chi connectivity index (χ1v) is 4.72. The summed E-state index contributed by atoms with van der Waals surface area (Å²) in [5.74, 6) is 0. The molecule has 2 aromatic rings. The Balaban J connectivity index is 2.89. The Bertz CT molecular complexity index is 585. The van der Waals surface area contributed by atoms with Gasteiger partial charge in [0.1, 0.15) is 6.29 Å². The average Bonchev–Trinajstić information content (AvgIpc) is 2.36. The molecule has 0 aliphatic rings. The van der Waals surface area contributed by atoms with Gasteiger partial charge in [-0.05, 0) is 16.8 Å². The van der Waals surface area contributed by atoms with E-state index < -0.39 is 0 Å². The standard InChI is InChI=1S/C13H8O3/c14-6-9-1-4-12-10(7-15)2-3-11(8-16)13(12)5-9/h1-8H. The molecule has 0 N–H and O–H groups in total. The van der Waals surface area contributed by atoms with E-state index in [9.17, 15) is 14.4 Å². The van der Waals surface area contributed by atoms with Crippen molar-refractivity contribution in [3.8, 4) is 0 Å². The predicted octanol–water partition coefficient (Wildman–Crippen LogP) is 2.28. The summed E-state index contributed by atoms with van der Waals surface area (Å²) < 4.78 is 0. The molecular weight excluding hydrogens is 204 g/mol. The Morgan fingerprint density at radius 3 is 1.88 bits per heavy atom. The number of aldehydes is 3. The first-order valence-electron chi connectivity index (χ1n) is 4.72. The molecule has 0 saturated heterocycles. The minimum atomic E-state index is 0.476. The van der Waals surface area contributed by atoms with Crippen LogP contribution >= 0.6 is 0 Å². The molecule has 0 bridgehead atoms. The van der Waals surface area contributed by atoms with Crippen molar-refractivity contribution in [3.05, 3.63) is 47.0 Å². The van der Waals surface area contributed by atoms with E-state index >= 15 is 0 Å². The van der Waals surface area contributed by atoms with Crippen LogP contribution in [0.3, 0.4) is 0 Å². The van der Waals surface area contributed by atoms with E-state index in [4.69, 9.17) is 0 Å². The van der Waals surface area contributed by atoms with Gasteiger partial charge < -0.3 is 0 Å². The van der Waals surface area contributed by atoms with Gasteiger partial charge in [0.25, 0.3) is 0 Å². The predicted molar refractivity (Wildman–Crippen MR) is 60.1 cm³/mol. The molecule has 0 heterocycles. The highest BCUT2D eigenvalue weighted by Gasteiger charge is 2.05. The van der Waals surface area contributed by atoms with E-state index in [1.165, 1.54) is 0 Å². The normalized spacial score (nSPS) is 10.0. The third-order valence-corrected chi connectivity index (χ3v) is 2.50. The number of carbonyl (C=O) groups is 3. The summed E-state index contributed by atoms with van der Waals surface area (Å²) >= 11 is 0. The Labute approximate surface area is 91.7 Å². The topological polar surface area (TPSA) is 51.2 Å². The van der Waals surface area contributed by atoms with E-state index in [1.54, 1.807) is 30.3 Å². The van der Waals surface area contributed by atoms with Crippen LogP contribution in [0.15, 0.2) is 30.3 Å². The minimum absolute atomic E-state index is 0.476. The summed E-state index contributed by atoms with van der Waals surface area (Å²) in [4.78, 5) is 32.3. The van der Waals surface area contributed by atoms with Gasteiger partial charge in [-0.3, -0.25) is 14.4 Å². The summed E-state index contributed by atoms with van der Waals surface area (Å²) in [6.07, 6.45) is 2.16. The summed E-state index contributed by atoms with van der Waals surface area (Å²) in [5, 5.41) is 1.31. The summed E-state index contributed by atoms with van der Waals surface area (Å²) in [7, 11) is 0. The van der Waals surface area contributed by atoms with E-state index in [1.807, 2.05) is 0 Å². The number of hydrogen-bond donors (Lipinski definition) is 0. The Kier molecular flexibility index (Phi) is 2.60. The van der Waals surface area contributed by atoms with Gasteiger partial charge >= 0.3 is 0 Å². The van der Waals surface area contributed by atoms with Crippen LogP contribution in [0, 0.1) is 0 Å². The van der Waals surface area contributed by atoms with Gasteiger partial charge in [0.15, 0.2) is 12.6 Å². The zero-order chi connectivity index (χ0) is 11.5. The number of fused-ring (bicyclic) bond motifs is 1. The molecule has 0 atom stereocenters. The fourth-order valence-corrected chi connectivity index (χ4v) is 1.69. The van der Waals surface area contributed by atoms with Gasteiger partial charge in [0, 0.05) is 16.7 Å². The molecule has 0 unspecified atom stereocenters. The van der Waals surface area contributed by atoms with Crippen LogP contribution in [-0.4, -0.2) is 18.9 Å². The van der Waals surface area contributed by atoms with Crippen LogP contribution in [0.25, 0.3) is 10.8 Å². The van der Waals surface area contributed by atoms with Crippen molar-refractivity contribution in [3.63, 3.8) is 0 Å². The summed E-state index contributed by atoms with van der Waals surface area (Å²) in [5.41, 5.74) is 1.47. The molecule has 2 aromatic carbocycles. The molecule has 0 spiro atoms. The second kappa shape index (κ2) is 4.06. The van der Waals surface area contributed by atoms with Crippen molar-refractivity contribution < 1.29 is 14.4 Å². The lowest BCUT2D eigenvalue weighted by atomic mass is 9.99. The molecule has 16 heavy (non-hydrogen) atoms. The molecule has 0 saturated carbocycles. The maximum Gasteiger partial charge on any atom is 0.150 e. The quantitative estimate of drug-likeness (QED) is 0.733. The Hall–Kier alpha value is -2.29. The highest BCUT2D eigenvalue weighted by Crippen LogP contribution is 2.22. The van der Waals surface area contributed by atoms with Crippen LogP contribution in [0.2, 0.25) is 0 Å². The van der Waals surface area contributed by atoms with Gasteiger partial charge in [0.05, 0.1) is 0 Å². The van der Waals surface area contributed by atoms with Crippen LogP contribution in [0.5, 0.6) is 0 Å². The number of benzene rings is 2. The van der Waals surface area contributed by atoms with Crippen LogP contribution < -0.4 is 0 Å². The summed E-state index contributed by atoms with van der Waals surface area (Å²) in [6.45, 7) is 0. The van der Waals surface area contributed by atoms with Crippen molar-refractivity contribution in [1.29, 1.82) is 0 Å². The SMILES string of the molecule is O=Cc1ccc2c(C=O)ccc(C=O)c2c1. The zero-order valence-corrected chi connectivity index (χ0v) is 8.34. The molecule has 3 nitrogen and oxygen atoms in total. The molecule has 3 heteroatoms. The molecule has 2 rings (SSSR count). The first-order chi connectivity index (χ1) is 7.80. The van der Waals surface area contributed by atoms with Gasteiger partial charge in [0.2, 0.25) is 0 Å². The van der Waals surface area contributed by atoms with Gasteiger partial charge in [-0.25, -0.2) is 0 Å². The zero-order valence-electron chi connectivity index (χ0n) is 8.34. The first kappa shape index (κ1) is 10.2. The average molecular weight is 212 g/mol. The lowest BCUT2D eigenvalue weighted by Gasteiger charge is -2.04. The molecule has 78 valence electrons. The van der Waals surface area contributed by atoms with Gasteiger partial charge in [-0.15, -0.1) is 0 Å². The maximum atomic E-state index is 10.8. The number of rotatable bonds is 3. The maximum absolute atomic E-state index is 10.8. The molecule has 0 radical (unpaired) electrons. The van der Waals surface area contributed by atoms with Crippen molar-refractivity contribution in [2.24, 2.45) is 0 Å². The van der Waals surface area contributed by atoms with Crippen molar-refractivity contribution in [1.82, 2.24) is 0 Å². The molecular formula is C13H8O3. The third kappa shape index (κ3) is 1.52. The summed E-state index contributed by atoms with van der Waals surface area (Å²) in [6, 6.07) is 8.08. The van der Waals surface area contributed by atoms with Crippen molar-refractivity contribution in [2.45, 2.75) is 0 Å². The van der Waals surface area contributed by atoms with E-state index in [0.29, 0.717) is 40.0 Å². The lowest BCUT2D eigenvalue weighted by Crippen LogP contribution is -1.91. The van der Waals surface area contributed by atoms with E-state index in [-0.39, 0.29) is 0 Å². The fourth-order valence-electron chi connectivity index (χ4n) is 1.69. The van der Waals surface area contributed by atoms with Gasteiger partial charge in [-0.2, -0.15) is 0 Å². The fraction of sp³-hybridized carbons (Fsp3) is 0. The second-order valence-electron chi connectivity index (χ2n) is 3.40. The Morgan fingerprint density at radius 1 is 0.688 bits per heavy atom. The molecule has 0 aliphatic carbocycles. The van der Waals surface area contributed by atoms with Crippen LogP contribution in [0.4, 0.5) is 0 Å². The molecule has 0 amide bonds. The monoisotopic (exact) mass is 212 g/mol.